The number of rotatable bonds is 4. The number of hydrogen-bond acceptors (Lipinski definition) is 3. The Hall–Kier alpha value is -3.37. The molecule has 2 heterocycles. The second-order valence-electron chi connectivity index (χ2n) is 10.1. The fourth-order valence-electron chi connectivity index (χ4n) is 5.85. The Bertz CT molecular complexity index is 1230. The van der Waals surface area contributed by atoms with Gasteiger partial charge in [0.05, 0.1) is 25.3 Å². The summed E-state index contributed by atoms with van der Waals surface area (Å²) in [7, 11) is 0. The molecule has 35 heavy (non-hydrogen) atoms. The van der Waals surface area contributed by atoms with E-state index < -0.39 is 0 Å². The van der Waals surface area contributed by atoms with Crippen LogP contribution < -0.4 is 0 Å². The number of hydrogen-bond donors (Lipinski definition) is 0. The maximum absolute atomic E-state index is 13.4. The molecule has 3 aliphatic rings. The normalized spacial score (nSPS) is 20.9. The molecule has 1 fully saturated rings. The van der Waals surface area contributed by atoms with E-state index in [1.807, 2.05) is 4.90 Å². The second kappa shape index (κ2) is 9.01. The number of carbonyl (C=O) groups is 1. The van der Waals surface area contributed by atoms with Crippen molar-refractivity contribution in [1.29, 1.82) is 0 Å². The highest BCUT2D eigenvalue weighted by Gasteiger charge is 2.39. The highest BCUT2D eigenvalue weighted by molar-refractivity contribution is 5.79. The minimum Gasteiger partial charge on any atom is -0.448 e. The molecular formula is C31H31NO3. The topological polar surface area (TPSA) is 38.8 Å². The van der Waals surface area contributed by atoms with Gasteiger partial charge in [0.25, 0.3) is 0 Å². The lowest BCUT2D eigenvalue weighted by molar-refractivity contribution is -0.0331. The summed E-state index contributed by atoms with van der Waals surface area (Å²) in [5.74, 6) is 0.582. The Balaban J connectivity index is 1.20. The third-order valence-corrected chi connectivity index (χ3v) is 7.69. The van der Waals surface area contributed by atoms with E-state index in [9.17, 15) is 4.79 Å². The van der Waals surface area contributed by atoms with Crippen LogP contribution in [0.2, 0.25) is 0 Å². The lowest BCUT2D eigenvalue weighted by Crippen LogP contribution is -2.56. The molecule has 2 atom stereocenters. The third kappa shape index (κ3) is 3.96. The molecule has 6 rings (SSSR count). The fourth-order valence-corrected chi connectivity index (χ4v) is 5.85. The predicted octanol–water partition coefficient (Wildman–Crippen LogP) is 6.62. The monoisotopic (exact) mass is 465 g/mol. The Morgan fingerprint density at radius 1 is 0.943 bits per heavy atom. The summed E-state index contributed by atoms with van der Waals surface area (Å²) >= 11 is 0. The number of morpholine rings is 1. The zero-order valence-corrected chi connectivity index (χ0v) is 20.3. The number of ether oxygens (including phenoxy) is 2. The Morgan fingerprint density at radius 3 is 2.23 bits per heavy atom. The molecule has 1 amide bonds. The van der Waals surface area contributed by atoms with Gasteiger partial charge in [-0.05, 0) is 51.3 Å². The number of carbonyl (C=O) groups excluding carboxylic acids is 1. The lowest BCUT2D eigenvalue weighted by Gasteiger charge is -2.44. The van der Waals surface area contributed by atoms with Crippen molar-refractivity contribution in [2.75, 3.05) is 19.8 Å². The van der Waals surface area contributed by atoms with Crippen molar-refractivity contribution in [1.82, 2.24) is 4.90 Å². The van der Waals surface area contributed by atoms with Crippen molar-refractivity contribution in [2.24, 2.45) is 0 Å². The summed E-state index contributed by atoms with van der Waals surface area (Å²) in [4.78, 5) is 15.3. The maximum atomic E-state index is 13.4. The summed E-state index contributed by atoms with van der Waals surface area (Å²) in [5.41, 5.74) is 8.81. The van der Waals surface area contributed by atoms with Gasteiger partial charge in [-0.3, -0.25) is 4.90 Å². The molecular weight excluding hydrogens is 434 g/mol. The van der Waals surface area contributed by atoms with Gasteiger partial charge >= 0.3 is 6.09 Å². The summed E-state index contributed by atoms with van der Waals surface area (Å²) in [5, 5.41) is 0. The summed E-state index contributed by atoms with van der Waals surface area (Å²) in [6.07, 6.45) is 2.74. The van der Waals surface area contributed by atoms with Gasteiger partial charge in [0, 0.05) is 5.92 Å². The molecule has 0 aromatic heterocycles. The van der Waals surface area contributed by atoms with E-state index in [-0.39, 0.29) is 24.1 Å². The molecule has 2 bridgehead atoms. The van der Waals surface area contributed by atoms with E-state index >= 15 is 0 Å². The van der Waals surface area contributed by atoms with E-state index in [1.165, 1.54) is 39.0 Å². The number of amides is 1. The molecule has 4 nitrogen and oxygen atoms in total. The third-order valence-electron chi connectivity index (χ3n) is 7.69. The molecule has 0 saturated carbocycles. The molecule has 1 saturated heterocycles. The zero-order chi connectivity index (χ0) is 23.9. The van der Waals surface area contributed by atoms with Crippen LogP contribution in [0.4, 0.5) is 4.79 Å². The Kier molecular flexibility index (Phi) is 5.69. The van der Waals surface area contributed by atoms with E-state index in [4.69, 9.17) is 9.47 Å². The molecule has 178 valence electrons. The van der Waals surface area contributed by atoms with Crippen LogP contribution in [-0.4, -0.2) is 42.9 Å². The molecule has 1 aliphatic carbocycles. The van der Waals surface area contributed by atoms with Crippen LogP contribution in [-0.2, 0) is 9.47 Å². The molecule has 3 aromatic rings. The van der Waals surface area contributed by atoms with Crippen LogP contribution in [0.15, 0.2) is 78.9 Å². The first kappa shape index (κ1) is 22.1. The minimum atomic E-state index is -0.240. The van der Waals surface area contributed by atoms with Gasteiger partial charge in [0.2, 0.25) is 0 Å². The van der Waals surface area contributed by atoms with Crippen molar-refractivity contribution >= 4 is 11.7 Å². The summed E-state index contributed by atoms with van der Waals surface area (Å²) in [6.45, 7) is 5.82. The van der Waals surface area contributed by atoms with Crippen molar-refractivity contribution in [3.63, 3.8) is 0 Å². The summed E-state index contributed by atoms with van der Waals surface area (Å²) < 4.78 is 11.8. The van der Waals surface area contributed by atoms with Gasteiger partial charge in [0.15, 0.2) is 0 Å². The van der Waals surface area contributed by atoms with Crippen molar-refractivity contribution in [3.8, 4) is 11.1 Å². The molecule has 4 heteroatoms. The SMILES string of the molecule is CC(C)c1ccc(C2=CC3COCC(C2)N3C(=O)OCC2c3ccccc3-c3ccccc32)cc1. The fraction of sp³-hybridized carbons (Fsp3) is 0.323. The lowest BCUT2D eigenvalue weighted by atomic mass is 9.89. The highest BCUT2D eigenvalue weighted by atomic mass is 16.6. The first-order chi connectivity index (χ1) is 17.1. The van der Waals surface area contributed by atoms with Crippen LogP contribution in [0.3, 0.4) is 0 Å². The molecule has 0 radical (unpaired) electrons. The Labute approximate surface area is 207 Å². The summed E-state index contributed by atoms with van der Waals surface area (Å²) in [6, 6.07) is 25.6. The van der Waals surface area contributed by atoms with Gasteiger partial charge in [-0.1, -0.05) is 92.7 Å². The first-order valence-electron chi connectivity index (χ1n) is 12.6. The number of nitrogens with zero attached hydrogens (tertiary/aromatic N) is 1. The van der Waals surface area contributed by atoms with E-state index in [0.29, 0.717) is 25.7 Å². The largest absolute Gasteiger partial charge is 0.448 e. The predicted molar refractivity (Wildman–Crippen MR) is 138 cm³/mol. The van der Waals surface area contributed by atoms with Crippen LogP contribution in [0, 0.1) is 0 Å². The van der Waals surface area contributed by atoms with Crippen LogP contribution in [0.25, 0.3) is 16.7 Å². The first-order valence-corrected chi connectivity index (χ1v) is 12.6. The maximum Gasteiger partial charge on any atom is 0.410 e. The van der Waals surface area contributed by atoms with Crippen LogP contribution >= 0.6 is 0 Å². The standard InChI is InChI=1S/C31H31NO3/c1-20(2)21-11-13-22(14-12-21)23-15-24-17-34-18-25(16-23)32(24)31(33)35-19-30-28-9-5-3-7-26(28)27-8-4-6-10-29(27)30/h3-15,20,24-25,30H,16-19H2,1-2H3. The zero-order valence-electron chi connectivity index (χ0n) is 20.3. The Morgan fingerprint density at radius 2 is 1.60 bits per heavy atom. The van der Waals surface area contributed by atoms with Crippen molar-refractivity contribution in [2.45, 2.75) is 44.2 Å². The molecule has 0 spiro atoms. The van der Waals surface area contributed by atoms with E-state index in [2.05, 4.69) is 92.7 Å². The number of benzene rings is 3. The van der Waals surface area contributed by atoms with Crippen molar-refractivity contribution in [3.05, 3.63) is 101 Å². The van der Waals surface area contributed by atoms with Gasteiger partial charge in [-0.2, -0.15) is 0 Å². The minimum absolute atomic E-state index is 0.00539. The smallest absolute Gasteiger partial charge is 0.410 e. The second-order valence-corrected chi connectivity index (χ2v) is 10.1. The molecule has 3 aromatic carbocycles. The van der Waals surface area contributed by atoms with Gasteiger partial charge in [-0.25, -0.2) is 4.79 Å². The van der Waals surface area contributed by atoms with Crippen LogP contribution in [0.1, 0.15) is 54.4 Å². The molecule has 0 N–H and O–H groups in total. The quantitative estimate of drug-likeness (QED) is 0.435. The van der Waals surface area contributed by atoms with Gasteiger partial charge in [-0.15, -0.1) is 0 Å². The molecule has 2 aliphatic heterocycles. The van der Waals surface area contributed by atoms with Gasteiger partial charge in [0.1, 0.15) is 6.61 Å². The van der Waals surface area contributed by atoms with E-state index in [1.54, 1.807) is 0 Å². The van der Waals surface area contributed by atoms with Gasteiger partial charge < -0.3 is 9.47 Å². The average molecular weight is 466 g/mol. The number of fused-ring (bicyclic) bond motifs is 5. The van der Waals surface area contributed by atoms with Crippen LogP contribution in [0.5, 0.6) is 0 Å². The molecule has 2 unspecified atom stereocenters. The van der Waals surface area contributed by atoms with Crippen molar-refractivity contribution < 1.29 is 14.3 Å². The average Bonchev–Trinajstić information content (AvgIpc) is 3.20. The van der Waals surface area contributed by atoms with E-state index in [0.717, 1.165) is 6.42 Å². The highest BCUT2D eigenvalue weighted by Crippen LogP contribution is 2.44.